The molecule has 0 bridgehead atoms. The first-order valence-corrected chi connectivity index (χ1v) is 8.05. The summed E-state index contributed by atoms with van der Waals surface area (Å²) in [7, 11) is 1.29. The zero-order valence-electron chi connectivity index (χ0n) is 14.6. The number of aromatic nitrogens is 1. The number of hydrogen-bond acceptors (Lipinski definition) is 5. The highest BCUT2D eigenvalue weighted by molar-refractivity contribution is 5.97. The van der Waals surface area contributed by atoms with Crippen molar-refractivity contribution in [2.45, 2.75) is 20.0 Å². The minimum Gasteiger partial charge on any atom is -0.491 e. The van der Waals surface area contributed by atoms with Gasteiger partial charge in [0.15, 0.2) is 0 Å². The molecule has 1 amide bonds. The molecule has 3 N–H and O–H groups in total. The van der Waals surface area contributed by atoms with Gasteiger partial charge in [-0.3, -0.25) is 4.79 Å². The third-order valence-corrected chi connectivity index (χ3v) is 3.32. The maximum Gasteiger partial charge on any atom is 0.354 e. The van der Waals surface area contributed by atoms with Crippen LogP contribution in [-0.4, -0.2) is 43.2 Å². The van der Waals surface area contributed by atoms with Gasteiger partial charge < -0.3 is 25.1 Å². The van der Waals surface area contributed by atoms with Crippen LogP contribution in [0.1, 0.15) is 34.7 Å². The van der Waals surface area contributed by atoms with Gasteiger partial charge in [0.25, 0.3) is 5.91 Å². The zero-order valence-corrected chi connectivity index (χ0v) is 14.6. The van der Waals surface area contributed by atoms with Crippen LogP contribution in [-0.2, 0) is 4.74 Å². The van der Waals surface area contributed by atoms with E-state index in [0.29, 0.717) is 18.7 Å². The number of carbonyl (C=O) groups is 2. The average Bonchev–Trinajstić information content (AvgIpc) is 3.09. The van der Waals surface area contributed by atoms with E-state index in [2.05, 4.69) is 20.4 Å². The Balaban J connectivity index is 1.74. The number of ether oxygens (including phenoxy) is 2. The number of rotatable bonds is 8. The normalized spacial score (nSPS) is 10.4. The molecule has 0 radical (unpaired) electrons. The van der Waals surface area contributed by atoms with Crippen molar-refractivity contribution in [1.29, 1.82) is 0 Å². The smallest absolute Gasteiger partial charge is 0.354 e. The van der Waals surface area contributed by atoms with E-state index in [0.717, 1.165) is 11.4 Å². The number of carbonyl (C=O) groups excluding carboxylic acids is 2. The maximum atomic E-state index is 12.0. The molecule has 0 atom stereocenters. The molecular weight excluding hydrogens is 322 g/mol. The number of nitrogens with one attached hydrogen (secondary N) is 3. The lowest BCUT2D eigenvalue weighted by atomic mass is 10.3. The molecule has 0 unspecified atom stereocenters. The zero-order chi connectivity index (χ0) is 18.2. The Bertz CT molecular complexity index is 707. The van der Waals surface area contributed by atoms with Crippen LogP contribution in [0.2, 0.25) is 0 Å². The fourth-order valence-corrected chi connectivity index (χ4v) is 2.16. The lowest BCUT2D eigenvalue weighted by Crippen LogP contribution is -2.28. The summed E-state index contributed by atoms with van der Waals surface area (Å²) in [6, 6.07) is 9.11. The first-order valence-electron chi connectivity index (χ1n) is 8.05. The Morgan fingerprint density at radius 3 is 2.52 bits per heavy atom. The van der Waals surface area contributed by atoms with Crippen molar-refractivity contribution >= 4 is 17.6 Å². The molecule has 7 nitrogen and oxygen atoms in total. The van der Waals surface area contributed by atoms with Crippen LogP contribution in [0.3, 0.4) is 0 Å². The second kappa shape index (κ2) is 8.77. The van der Waals surface area contributed by atoms with Gasteiger partial charge in [0.05, 0.1) is 18.8 Å². The second-order valence-corrected chi connectivity index (χ2v) is 5.67. The Morgan fingerprint density at radius 2 is 1.88 bits per heavy atom. The van der Waals surface area contributed by atoms with Crippen molar-refractivity contribution < 1.29 is 19.1 Å². The molecule has 2 aromatic rings. The second-order valence-electron chi connectivity index (χ2n) is 5.67. The average molecular weight is 345 g/mol. The highest BCUT2D eigenvalue weighted by Gasteiger charge is 2.12. The third-order valence-electron chi connectivity index (χ3n) is 3.32. The standard InChI is InChI=1S/C18H23N3O4/c1-12(2)25-15-6-4-14(5-7-15)19-8-9-20-17(22)13-10-16(21-11-13)18(23)24-3/h4-7,10-12,19,21H,8-9H2,1-3H3,(H,20,22). The highest BCUT2D eigenvalue weighted by Crippen LogP contribution is 2.16. The number of benzene rings is 1. The monoisotopic (exact) mass is 345 g/mol. The molecule has 7 heteroatoms. The van der Waals surface area contributed by atoms with Crippen LogP contribution in [0, 0.1) is 0 Å². The largest absolute Gasteiger partial charge is 0.491 e. The lowest BCUT2D eigenvalue weighted by molar-refractivity contribution is 0.0595. The lowest BCUT2D eigenvalue weighted by Gasteiger charge is -2.11. The topological polar surface area (TPSA) is 92.5 Å². The van der Waals surface area contributed by atoms with Crippen molar-refractivity contribution in [3.8, 4) is 5.75 Å². The molecule has 1 aromatic carbocycles. The van der Waals surface area contributed by atoms with Crippen LogP contribution >= 0.6 is 0 Å². The van der Waals surface area contributed by atoms with Crippen molar-refractivity contribution in [2.75, 3.05) is 25.5 Å². The van der Waals surface area contributed by atoms with Gasteiger partial charge in [-0.15, -0.1) is 0 Å². The van der Waals surface area contributed by atoms with Crippen molar-refractivity contribution in [2.24, 2.45) is 0 Å². The van der Waals surface area contributed by atoms with E-state index in [1.807, 2.05) is 38.1 Å². The Morgan fingerprint density at radius 1 is 1.16 bits per heavy atom. The number of aromatic amines is 1. The van der Waals surface area contributed by atoms with E-state index in [9.17, 15) is 9.59 Å². The minimum absolute atomic E-state index is 0.141. The molecule has 0 saturated heterocycles. The van der Waals surface area contributed by atoms with Crippen LogP contribution in [0.5, 0.6) is 5.75 Å². The van der Waals surface area contributed by atoms with Gasteiger partial charge in [-0.1, -0.05) is 0 Å². The molecule has 0 aliphatic carbocycles. The van der Waals surface area contributed by atoms with Gasteiger partial charge in [0.2, 0.25) is 0 Å². The molecule has 1 heterocycles. The molecule has 0 saturated carbocycles. The summed E-state index contributed by atoms with van der Waals surface area (Å²) in [5.41, 5.74) is 1.57. The molecule has 0 aliphatic rings. The quantitative estimate of drug-likeness (QED) is 0.505. The highest BCUT2D eigenvalue weighted by atomic mass is 16.5. The maximum absolute atomic E-state index is 12.0. The Kier molecular flexibility index (Phi) is 6.45. The van der Waals surface area contributed by atoms with Crippen molar-refractivity contribution in [1.82, 2.24) is 10.3 Å². The number of amides is 1. The van der Waals surface area contributed by atoms with E-state index in [4.69, 9.17) is 4.74 Å². The molecule has 0 fully saturated rings. The summed E-state index contributed by atoms with van der Waals surface area (Å²) >= 11 is 0. The molecule has 0 aliphatic heterocycles. The van der Waals surface area contributed by atoms with E-state index in [-0.39, 0.29) is 17.7 Å². The minimum atomic E-state index is -0.509. The van der Waals surface area contributed by atoms with Crippen LogP contribution in [0.25, 0.3) is 0 Å². The molecule has 1 aromatic heterocycles. The van der Waals surface area contributed by atoms with Gasteiger partial charge in [0, 0.05) is 25.0 Å². The first-order chi connectivity index (χ1) is 12.0. The van der Waals surface area contributed by atoms with E-state index >= 15 is 0 Å². The summed E-state index contributed by atoms with van der Waals surface area (Å²) in [5.74, 6) is 0.0576. The molecule has 134 valence electrons. The number of H-pyrrole nitrogens is 1. The summed E-state index contributed by atoms with van der Waals surface area (Å²) in [5, 5.41) is 5.99. The number of anilines is 1. The van der Waals surface area contributed by atoms with Gasteiger partial charge in [-0.25, -0.2) is 4.79 Å². The predicted octanol–water partition coefficient (Wildman–Crippen LogP) is 2.43. The fraction of sp³-hybridized carbons (Fsp3) is 0.333. The van der Waals surface area contributed by atoms with Crippen LogP contribution in [0.4, 0.5) is 5.69 Å². The number of hydrogen-bond donors (Lipinski definition) is 3. The van der Waals surface area contributed by atoms with Gasteiger partial charge in [-0.05, 0) is 44.2 Å². The van der Waals surface area contributed by atoms with Crippen molar-refractivity contribution in [3.05, 3.63) is 47.8 Å². The summed E-state index contributed by atoms with van der Waals surface area (Å²) in [6.07, 6.45) is 1.62. The molecular formula is C18H23N3O4. The van der Waals surface area contributed by atoms with E-state index in [1.54, 1.807) is 0 Å². The van der Waals surface area contributed by atoms with Crippen molar-refractivity contribution in [3.63, 3.8) is 0 Å². The SMILES string of the molecule is COC(=O)c1cc(C(=O)NCCNc2ccc(OC(C)C)cc2)c[nH]1. The van der Waals surface area contributed by atoms with Gasteiger partial charge in [-0.2, -0.15) is 0 Å². The van der Waals surface area contributed by atoms with Gasteiger partial charge in [0.1, 0.15) is 11.4 Å². The fourth-order valence-electron chi connectivity index (χ4n) is 2.16. The van der Waals surface area contributed by atoms with Crippen LogP contribution < -0.4 is 15.4 Å². The Hall–Kier alpha value is -2.96. The van der Waals surface area contributed by atoms with E-state index in [1.165, 1.54) is 19.4 Å². The third kappa shape index (κ3) is 5.56. The van der Waals surface area contributed by atoms with Gasteiger partial charge >= 0.3 is 5.97 Å². The molecule has 2 rings (SSSR count). The summed E-state index contributed by atoms with van der Waals surface area (Å²) in [4.78, 5) is 26.1. The number of methoxy groups -OCH3 is 1. The summed E-state index contributed by atoms with van der Waals surface area (Å²) < 4.78 is 10.2. The van der Waals surface area contributed by atoms with Crippen LogP contribution in [0.15, 0.2) is 36.5 Å². The first kappa shape index (κ1) is 18.4. The predicted molar refractivity (Wildman–Crippen MR) is 95.2 cm³/mol. The Labute approximate surface area is 146 Å². The summed E-state index contributed by atoms with van der Waals surface area (Å²) in [6.45, 7) is 4.98. The molecule has 25 heavy (non-hydrogen) atoms. The van der Waals surface area contributed by atoms with E-state index < -0.39 is 5.97 Å². The molecule has 0 spiro atoms. The number of esters is 1.